The van der Waals surface area contributed by atoms with Crippen LogP contribution in [-0.4, -0.2) is 33.8 Å². The summed E-state index contributed by atoms with van der Waals surface area (Å²) in [6, 6.07) is 5.66. The van der Waals surface area contributed by atoms with Crippen LogP contribution in [0.25, 0.3) is 10.2 Å². The maximum absolute atomic E-state index is 12.7. The molecule has 8 heteroatoms. The van der Waals surface area contributed by atoms with E-state index in [0.29, 0.717) is 18.1 Å². The van der Waals surface area contributed by atoms with Gasteiger partial charge in [0.25, 0.3) is 0 Å². The highest BCUT2D eigenvalue weighted by atomic mass is 35.5. The lowest BCUT2D eigenvalue weighted by Crippen LogP contribution is -2.33. The first-order valence-corrected chi connectivity index (χ1v) is 9.31. The quantitative estimate of drug-likeness (QED) is 0.734. The molecule has 2 atom stereocenters. The van der Waals surface area contributed by atoms with E-state index in [2.05, 4.69) is 20.7 Å². The minimum Gasteiger partial charge on any atom is -0.349 e. The summed E-state index contributed by atoms with van der Waals surface area (Å²) in [5, 5.41) is 12.1. The van der Waals surface area contributed by atoms with E-state index in [1.165, 1.54) is 0 Å². The summed E-state index contributed by atoms with van der Waals surface area (Å²) in [4.78, 5) is 17.2. The van der Waals surface area contributed by atoms with Crippen molar-refractivity contribution in [3.63, 3.8) is 0 Å². The highest BCUT2D eigenvalue weighted by Crippen LogP contribution is 2.28. The molecule has 0 bridgehead atoms. The van der Waals surface area contributed by atoms with Crippen LogP contribution >= 0.6 is 22.9 Å². The fourth-order valence-corrected chi connectivity index (χ4v) is 4.31. The minimum absolute atomic E-state index is 0.0520. The molecule has 2 aromatic heterocycles. The van der Waals surface area contributed by atoms with Crippen molar-refractivity contribution in [3.8, 4) is 0 Å². The molecule has 1 amide bonds. The number of carbonyl (C=O) groups is 1. The van der Waals surface area contributed by atoms with E-state index in [-0.39, 0.29) is 17.7 Å². The van der Waals surface area contributed by atoms with Gasteiger partial charge in [0.15, 0.2) is 0 Å². The van der Waals surface area contributed by atoms with Crippen LogP contribution in [0.15, 0.2) is 30.6 Å². The Labute approximate surface area is 154 Å². The van der Waals surface area contributed by atoms with Gasteiger partial charge in [-0.15, -0.1) is 11.3 Å². The SMILES string of the molecule is Cn1cc([C@H]2CNC[C@@H]2C(=O)NCc2nc3cc(Cl)ccc3s2)cn1. The number of aromatic nitrogens is 3. The molecule has 1 saturated heterocycles. The molecule has 130 valence electrons. The van der Waals surface area contributed by atoms with Crippen LogP contribution in [0.3, 0.4) is 0 Å². The van der Waals surface area contributed by atoms with E-state index in [1.54, 1.807) is 16.0 Å². The van der Waals surface area contributed by atoms with Crippen molar-refractivity contribution in [2.45, 2.75) is 12.5 Å². The van der Waals surface area contributed by atoms with Gasteiger partial charge in [0.2, 0.25) is 5.91 Å². The second-order valence-electron chi connectivity index (χ2n) is 6.26. The Morgan fingerprint density at radius 3 is 3.16 bits per heavy atom. The maximum Gasteiger partial charge on any atom is 0.225 e. The summed E-state index contributed by atoms with van der Waals surface area (Å²) in [5.41, 5.74) is 1.97. The molecule has 0 spiro atoms. The normalized spacial score (nSPS) is 20.2. The lowest BCUT2D eigenvalue weighted by molar-refractivity contribution is -0.125. The molecule has 0 saturated carbocycles. The number of thiazole rings is 1. The predicted octanol–water partition coefficient (Wildman–Crippen LogP) is 2.30. The largest absolute Gasteiger partial charge is 0.349 e. The van der Waals surface area contributed by atoms with Crippen LogP contribution in [0.5, 0.6) is 0 Å². The number of aryl methyl sites for hydroxylation is 1. The molecule has 1 fully saturated rings. The molecule has 1 aromatic carbocycles. The van der Waals surface area contributed by atoms with Gasteiger partial charge in [-0.1, -0.05) is 11.6 Å². The molecule has 3 aromatic rings. The number of halogens is 1. The fraction of sp³-hybridized carbons (Fsp3) is 0.353. The lowest BCUT2D eigenvalue weighted by Gasteiger charge is -2.16. The number of fused-ring (bicyclic) bond motifs is 1. The van der Waals surface area contributed by atoms with E-state index in [0.717, 1.165) is 27.3 Å². The Morgan fingerprint density at radius 2 is 2.36 bits per heavy atom. The minimum atomic E-state index is -0.0898. The third-order valence-corrected chi connectivity index (χ3v) is 5.78. The van der Waals surface area contributed by atoms with Crippen LogP contribution in [-0.2, 0) is 18.4 Å². The van der Waals surface area contributed by atoms with Crippen LogP contribution in [0.1, 0.15) is 16.5 Å². The summed E-state index contributed by atoms with van der Waals surface area (Å²) in [6.07, 6.45) is 3.82. The second-order valence-corrected chi connectivity index (χ2v) is 7.81. The summed E-state index contributed by atoms with van der Waals surface area (Å²) in [5.74, 6) is 0.118. The van der Waals surface area contributed by atoms with Gasteiger partial charge in [0.1, 0.15) is 5.01 Å². The highest BCUT2D eigenvalue weighted by Gasteiger charge is 2.34. The molecule has 0 radical (unpaired) electrons. The summed E-state index contributed by atoms with van der Waals surface area (Å²) in [6.45, 7) is 1.91. The number of hydrogen-bond acceptors (Lipinski definition) is 5. The fourth-order valence-electron chi connectivity index (χ4n) is 3.25. The summed E-state index contributed by atoms with van der Waals surface area (Å²) < 4.78 is 2.85. The smallest absolute Gasteiger partial charge is 0.225 e. The highest BCUT2D eigenvalue weighted by molar-refractivity contribution is 7.18. The molecule has 1 aliphatic rings. The third-order valence-electron chi connectivity index (χ3n) is 4.51. The van der Waals surface area contributed by atoms with Crippen molar-refractivity contribution in [2.24, 2.45) is 13.0 Å². The summed E-state index contributed by atoms with van der Waals surface area (Å²) in [7, 11) is 1.89. The van der Waals surface area contributed by atoms with Crippen LogP contribution in [0.2, 0.25) is 5.02 Å². The first-order chi connectivity index (χ1) is 12.1. The molecular formula is C17H18ClN5OS. The van der Waals surface area contributed by atoms with Gasteiger partial charge >= 0.3 is 0 Å². The van der Waals surface area contributed by atoms with Crippen molar-refractivity contribution in [1.82, 2.24) is 25.4 Å². The Kier molecular flexibility index (Phi) is 4.45. The van der Waals surface area contributed by atoms with Crippen molar-refractivity contribution in [2.75, 3.05) is 13.1 Å². The Hall–Kier alpha value is -1.96. The first-order valence-electron chi connectivity index (χ1n) is 8.12. The van der Waals surface area contributed by atoms with Gasteiger partial charge in [0, 0.05) is 37.3 Å². The van der Waals surface area contributed by atoms with E-state index < -0.39 is 0 Å². The standard InChI is InChI=1S/C17H18ClN5OS/c1-23-9-10(5-21-23)12-6-19-7-13(12)17(24)20-8-16-22-14-4-11(18)2-3-15(14)25-16/h2-5,9,12-13,19H,6-8H2,1H3,(H,20,24)/t12-,13+/m1/s1. The van der Waals surface area contributed by atoms with Crippen molar-refractivity contribution < 1.29 is 4.79 Å². The van der Waals surface area contributed by atoms with Gasteiger partial charge in [-0.2, -0.15) is 5.10 Å². The Bertz CT molecular complexity index is 921. The topological polar surface area (TPSA) is 71.8 Å². The van der Waals surface area contributed by atoms with Gasteiger partial charge in [-0.3, -0.25) is 9.48 Å². The number of amides is 1. The molecule has 3 heterocycles. The number of benzene rings is 1. The Balaban J connectivity index is 1.43. The van der Waals surface area contributed by atoms with Gasteiger partial charge in [0.05, 0.1) is 28.9 Å². The van der Waals surface area contributed by atoms with Crippen LogP contribution in [0.4, 0.5) is 0 Å². The molecule has 0 unspecified atom stereocenters. The molecular weight excluding hydrogens is 358 g/mol. The third kappa shape index (κ3) is 3.40. The van der Waals surface area contributed by atoms with E-state index in [4.69, 9.17) is 11.6 Å². The second kappa shape index (κ2) is 6.74. The number of nitrogens with one attached hydrogen (secondary N) is 2. The van der Waals surface area contributed by atoms with Gasteiger partial charge in [-0.25, -0.2) is 4.98 Å². The molecule has 1 aliphatic heterocycles. The number of carbonyl (C=O) groups excluding carboxylic acids is 1. The van der Waals surface area contributed by atoms with E-state index >= 15 is 0 Å². The van der Waals surface area contributed by atoms with Gasteiger partial charge in [-0.05, 0) is 23.8 Å². The van der Waals surface area contributed by atoms with E-state index in [1.807, 2.05) is 37.6 Å². The van der Waals surface area contributed by atoms with Crippen molar-refractivity contribution >= 4 is 39.1 Å². The van der Waals surface area contributed by atoms with Gasteiger partial charge < -0.3 is 10.6 Å². The monoisotopic (exact) mass is 375 g/mol. The molecule has 4 rings (SSSR count). The zero-order valence-corrected chi connectivity index (χ0v) is 15.3. The molecule has 25 heavy (non-hydrogen) atoms. The maximum atomic E-state index is 12.7. The van der Waals surface area contributed by atoms with Crippen LogP contribution in [0, 0.1) is 5.92 Å². The average molecular weight is 376 g/mol. The summed E-state index contributed by atoms with van der Waals surface area (Å²) >= 11 is 7.58. The first kappa shape index (κ1) is 16.5. The van der Waals surface area contributed by atoms with E-state index in [9.17, 15) is 4.79 Å². The number of hydrogen-bond donors (Lipinski definition) is 2. The van der Waals surface area contributed by atoms with Crippen LogP contribution < -0.4 is 10.6 Å². The Morgan fingerprint density at radius 1 is 1.48 bits per heavy atom. The molecule has 2 N–H and O–H groups in total. The number of nitrogens with zero attached hydrogens (tertiary/aromatic N) is 3. The zero-order chi connectivity index (χ0) is 17.4. The molecule has 6 nitrogen and oxygen atoms in total. The zero-order valence-electron chi connectivity index (χ0n) is 13.7. The van der Waals surface area contributed by atoms with Crippen molar-refractivity contribution in [3.05, 3.63) is 46.2 Å². The molecule has 0 aliphatic carbocycles. The predicted molar refractivity (Wildman–Crippen MR) is 98.8 cm³/mol. The van der Waals surface area contributed by atoms with Crippen molar-refractivity contribution in [1.29, 1.82) is 0 Å². The number of rotatable bonds is 4. The lowest BCUT2D eigenvalue weighted by atomic mass is 9.90. The average Bonchev–Trinajstić information content (AvgIpc) is 3.30.